The van der Waals surface area contributed by atoms with E-state index in [4.69, 9.17) is 16.3 Å². The number of ether oxygens (including phenoxy) is 1. The third-order valence-corrected chi connectivity index (χ3v) is 9.27. The average molecular weight is 568 g/mol. The van der Waals surface area contributed by atoms with Crippen molar-refractivity contribution < 1.29 is 32.2 Å². The molecule has 5 rings (SSSR count). The van der Waals surface area contributed by atoms with Gasteiger partial charge in [0.05, 0.1) is 16.5 Å². The van der Waals surface area contributed by atoms with Crippen LogP contribution in [0.2, 0.25) is 5.02 Å². The predicted molar refractivity (Wildman–Crippen MR) is 141 cm³/mol. The monoisotopic (exact) mass is 567 g/mol. The Morgan fingerprint density at radius 3 is 2.46 bits per heavy atom. The lowest BCUT2D eigenvalue weighted by Crippen LogP contribution is -2.50. The Kier molecular flexibility index (Phi) is 7.66. The topological polar surface area (TPSA) is 49.8 Å². The highest BCUT2D eigenvalue weighted by atomic mass is 35.5. The first-order chi connectivity index (χ1) is 18.4. The quantitative estimate of drug-likeness (QED) is 0.344. The lowest BCUT2D eigenvalue weighted by Gasteiger charge is -2.46. The molecule has 3 atom stereocenters. The number of rotatable bonds is 7. The number of aryl methyl sites for hydroxylation is 1. The Labute approximate surface area is 231 Å². The molecule has 2 fully saturated rings. The van der Waals surface area contributed by atoms with E-state index in [1.807, 2.05) is 24.0 Å². The van der Waals surface area contributed by atoms with Crippen LogP contribution in [0, 0.1) is 17.7 Å². The van der Waals surface area contributed by atoms with Crippen LogP contribution in [-0.4, -0.2) is 34.7 Å². The standard InChI is InChI=1S/C30H34ClF4NO3/c1-3-24(22-15-21(30(33,34)35)16-23(31)27(22)32)36-12-10-29(11-13-36)9-8-18-4-7-20(14-25(18)39-29)26(19-5-6-19)17(2)28(37)38/h4,7,14-17,19,24,26H,3,5-6,8-13H2,1-2H3,(H,37,38)/t17-,24?,26?/m0/s1. The number of carbonyl (C=O) groups is 1. The molecule has 0 bridgehead atoms. The second-order valence-electron chi connectivity index (χ2n) is 11.5. The van der Waals surface area contributed by atoms with Crippen molar-refractivity contribution in [2.75, 3.05) is 13.1 Å². The van der Waals surface area contributed by atoms with Crippen LogP contribution in [0.1, 0.15) is 86.6 Å². The molecular formula is C30H34ClF4NO3. The SMILES string of the molecule is CCC(c1cc(C(F)(F)F)cc(Cl)c1F)N1CCC2(CCc3ccc(C(C4CC4)[C@H](C)C(=O)O)cc3O2)CC1. The van der Waals surface area contributed by atoms with Crippen LogP contribution in [-0.2, 0) is 17.4 Å². The summed E-state index contributed by atoms with van der Waals surface area (Å²) in [4.78, 5) is 13.8. The van der Waals surface area contributed by atoms with Crippen LogP contribution < -0.4 is 4.74 Å². The predicted octanol–water partition coefficient (Wildman–Crippen LogP) is 8.02. The van der Waals surface area contributed by atoms with Gasteiger partial charge in [0.25, 0.3) is 0 Å². The highest BCUT2D eigenvalue weighted by molar-refractivity contribution is 6.30. The van der Waals surface area contributed by atoms with Gasteiger partial charge in [0.15, 0.2) is 0 Å². The number of halogens is 5. The van der Waals surface area contributed by atoms with Gasteiger partial charge in [-0.2, -0.15) is 13.2 Å². The maximum atomic E-state index is 15.0. The normalized spacial score (nSPS) is 21.6. The third kappa shape index (κ3) is 5.64. The number of likely N-dealkylation sites (tertiary alicyclic amines) is 1. The molecule has 0 aromatic heterocycles. The summed E-state index contributed by atoms with van der Waals surface area (Å²) >= 11 is 5.88. The zero-order chi connectivity index (χ0) is 28.1. The molecule has 2 unspecified atom stereocenters. The van der Waals surface area contributed by atoms with Crippen molar-refractivity contribution in [2.24, 2.45) is 11.8 Å². The minimum Gasteiger partial charge on any atom is -0.487 e. The van der Waals surface area contributed by atoms with Crippen LogP contribution in [0.5, 0.6) is 5.75 Å². The Morgan fingerprint density at radius 1 is 1.18 bits per heavy atom. The van der Waals surface area contributed by atoms with E-state index >= 15 is 0 Å². The molecule has 9 heteroatoms. The molecule has 1 spiro atoms. The minimum absolute atomic E-state index is 0.0218. The molecule has 1 aliphatic carbocycles. The summed E-state index contributed by atoms with van der Waals surface area (Å²) in [7, 11) is 0. The van der Waals surface area contributed by atoms with E-state index in [9.17, 15) is 27.5 Å². The highest BCUT2D eigenvalue weighted by Crippen LogP contribution is 2.49. The van der Waals surface area contributed by atoms with Gasteiger partial charge in [0.2, 0.25) is 0 Å². The number of nitrogens with zero attached hydrogens (tertiary/aromatic N) is 1. The first-order valence-electron chi connectivity index (χ1n) is 13.8. The maximum Gasteiger partial charge on any atom is 0.416 e. The van der Waals surface area contributed by atoms with Crippen LogP contribution >= 0.6 is 11.6 Å². The van der Waals surface area contributed by atoms with E-state index in [0.29, 0.717) is 44.3 Å². The number of aliphatic carboxylic acids is 1. The van der Waals surface area contributed by atoms with E-state index in [1.54, 1.807) is 6.92 Å². The van der Waals surface area contributed by atoms with Crippen molar-refractivity contribution in [3.63, 3.8) is 0 Å². The molecule has 1 saturated heterocycles. The van der Waals surface area contributed by atoms with Crippen molar-refractivity contribution >= 4 is 17.6 Å². The lowest BCUT2D eigenvalue weighted by molar-refractivity contribution is -0.142. The Balaban J connectivity index is 1.33. The largest absolute Gasteiger partial charge is 0.487 e. The Hall–Kier alpha value is -2.32. The molecule has 1 saturated carbocycles. The Bertz CT molecular complexity index is 1240. The van der Waals surface area contributed by atoms with E-state index in [0.717, 1.165) is 48.6 Å². The Morgan fingerprint density at radius 2 is 1.87 bits per heavy atom. The van der Waals surface area contributed by atoms with Gasteiger partial charge in [-0.05, 0) is 86.1 Å². The van der Waals surface area contributed by atoms with Gasteiger partial charge in [-0.25, -0.2) is 4.39 Å². The van der Waals surface area contributed by atoms with E-state index in [-0.39, 0.29) is 11.5 Å². The molecule has 2 aliphatic heterocycles. The number of hydrogen-bond donors (Lipinski definition) is 1. The molecule has 0 amide bonds. The third-order valence-electron chi connectivity index (χ3n) is 8.99. The smallest absolute Gasteiger partial charge is 0.416 e. The van der Waals surface area contributed by atoms with Crippen molar-refractivity contribution in [3.8, 4) is 5.75 Å². The molecule has 2 aromatic carbocycles. The fraction of sp³-hybridized carbons (Fsp3) is 0.567. The number of carboxylic acid groups (broad SMARTS) is 1. The molecule has 39 heavy (non-hydrogen) atoms. The van der Waals surface area contributed by atoms with Crippen molar-refractivity contribution in [2.45, 2.75) is 82.5 Å². The van der Waals surface area contributed by atoms with Crippen LogP contribution in [0.15, 0.2) is 30.3 Å². The van der Waals surface area contributed by atoms with Crippen LogP contribution in [0.25, 0.3) is 0 Å². The number of alkyl halides is 3. The zero-order valence-corrected chi connectivity index (χ0v) is 22.9. The molecule has 212 valence electrons. The maximum absolute atomic E-state index is 15.0. The van der Waals surface area contributed by atoms with E-state index < -0.39 is 46.1 Å². The minimum atomic E-state index is -4.61. The summed E-state index contributed by atoms with van der Waals surface area (Å²) in [5, 5.41) is 9.15. The first kappa shape index (κ1) is 28.2. The number of hydrogen-bond acceptors (Lipinski definition) is 3. The number of carboxylic acids is 1. The second-order valence-corrected chi connectivity index (χ2v) is 11.9. The van der Waals surface area contributed by atoms with Gasteiger partial charge < -0.3 is 9.84 Å². The summed E-state index contributed by atoms with van der Waals surface area (Å²) in [6.07, 6.45) is 0.904. The fourth-order valence-electron chi connectivity index (χ4n) is 6.59. The highest BCUT2D eigenvalue weighted by Gasteiger charge is 2.43. The van der Waals surface area contributed by atoms with Gasteiger partial charge >= 0.3 is 12.1 Å². The fourth-order valence-corrected chi connectivity index (χ4v) is 6.82. The van der Waals surface area contributed by atoms with Crippen molar-refractivity contribution in [3.05, 3.63) is 63.4 Å². The number of benzene rings is 2. The van der Waals surface area contributed by atoms with Crippen LogP contribution in [0.3, 0.4) is 0 Å². The summed E-state index contributed by atoms with van der Waals surface area (Å²) in [5.74, 6) is -0.933. The zero-order valence-electron chi connectivity index (χ0n) is 22.2. The first-order valence-corrected chi connectivity index (χ1v) is 14.1. The lowest BCUT2D eigenvalue weighted by atomic mass is 9.80. The van der Waals surface area contributed by atoms with Gasteiger partial charge in [-0.3, -0.25) is 9.69 Å². The van der Waals surface area contributed by atoms with Gasteiger partial charge in [0, 0.05) is 24.7 Å². The molecule has 2 heterocycles. The van der Waals surface area contributed by atoms with Gasteiger partial charge in [-0.15, -0.1) is 0 Å². The van der Waals surface area contributed by atoms with Crippen LogP contribution in [0.4, 0.5) is 17.6 Å². The molecule has 2 aromatic rings. The van der Waals surface area contributed by atoms with Gasteiger partial charge in [0.1, 0.15) is 17.2 Å². The summed E-state index contributed by atoms with van der Waals surface area (Å²) in [6.45, 7) is 4.72. The van der Waals surface area contributed by atoms with Crippen molar-refractivity contribution in [1.29, 1.82) is 0 Å². The van der Waals surface area contributed by atoms with E-state index in [2.05, 4.69) is 6.07 Å². The van der Waals surface area contributed by atoms with E-state index in [1.165, 1.54) is 0 Å². The molecule has 3 aliphatic rings. The second kappa shape index (κ2) is 10.6. The number of piperidine rings is 1. The number of fused-ring (bicyclic) bond motifs is 1. The van der Waals surface area contributed by atoms with Crippen molar-refractivity contribution in [1.82, 2.24) is 4.90 Å². The molecule has 4 nitrogen and oxygen atoms in total. The molecule has 1 N–H and O–H groups in total. The summed E-state index contributed by atoms with van der Waals surface area (Å²) < 4.78 is 61.9. The average Bonchev–Trinajstić information content (AvgIpc) is 3.72. The summed E-state index contributed by atoms with van der Waals surface area (Å²) in [5.41, 5.74) is 0.741. The summed E-state index contributed by atoms with van der Waals surface area (Å²) in [6, 6.07) is 7.14. The molecule has 0 radical (unpaired) electrons. The molecular weight excluding hydrogens is 534 g/mol. The van der Waals surface area contributed by atoms with Gasteiger partial charge in [-0.1, -0.05) is 37.6 Å².